The molecule has 8 heterocycles. The molecule has 0 aromatic rings. The van der Waals surface area contributed by atoms with Crippen LogP contribution < -0.4 is 0 Å². The molecular formula is C40H42S32. The third-order valence-electron chi connectivity index (χ3n) is 8.47. The zero-order valence-corrected chi connectivity index (χ0v) is 65.4. The first-order valence-corrected chi connectivity index (χ1v) is 51.3. The SMILES string of the molecule is CSC1=C(SC)SC(=C2SC(SC)=C(SCCSC3=C(SCCSC4=C(SCCSC5=C(SC)SC(=C6SC(SC)=C(SC)S6)S5)SC(=C5SC(SC)=C(SC)S5)S4)SC(=C4SC(SC)=C(SC)S4)S3)S2)S1. The van der Waals surface area contributed by atoms with Gasteiger partial charge < -0.3 is 0 Å². The zero-order chi connectivity index (χ0) is 50.7. The summed E-state index contributed by atoms with van der Waals surface area (Å²) in [4.78, 5) is 0. The van der Waals surface area contributed by atoms with Gasteiger partial charge in [-0.15, -0.1) is 188 Å². The van der Waals surface area contributed by atoms with Crippen LogP contribution in [0.4, 0.5) is 0 Å². The van der Waals surface area contributed by atoms with Crippen molar-refractivity contribution in [1.82, 2.24) is 0 Å². The van der Waals surface area contributed by atoms with Gasteiger partial charge in [0.15, 0.2) is 0 Å². The molecule has 0 saturated heterocycles. The topological polar surface area (TPSA) is 0 Å². The van der Waals surface area contributed by atoms with Crippen molar-refractivity contribution in [3.05, 3.63) is 102 Å². The monoisotopic (exact) mass is 1550 g/mol. The van der Waals surface area contributed by atoms with E-state index in [0.717, 1.165) is 34.5 Å². The molecule has 0 saturated carbocycles. The number of hydrogen-bond donors (Lipinski definition) is 0. The number of rotatable bonds is 25. The average Bonchev–Trinajstić information content (AvgIpc) is 4.27. The van der Waals surface area contributed by atoms with E-state index in [0.29, 0.717) is 0 Å². The highest BCUT2D eigenvalue weighted by molar-refractivity contribution is 8.49. The van der Waals surface area contributed by atoms with Crippen LogP contribution in [0.2, 0.25) is 0 Å². The molecule has 32 heteroatoms. The highest BCUT2D eigenvalue weighted by Gasteiger charge is 2.35. The Kier molecular flexibility index (Phi) is 31.7. The summed E-state index contributed by atoms with van der Waals surface area (Å²) in [6, 6.07) is 0. The molecule has 0 nitrogen and oxygen atoms in total. The first-order chi connectivity index (χ1) is 35.2. The smallest absolute Gasteiger partial charge is 0.0717 e. The number of thioether (sulfide) groups is 32. The summed E-state index contributed by atoms with van der Waals surface area (Å²) >= 11 is 63.5. The number of hydrogen-bond acceptors (Lipinski definition) is 32. The highest BCUT2D eigenvalue weighted by Crippen LogP contribution is 2.70. The lowest BCUT2D eigenvalue weighted by molar-refractivity contribution is 1.56. The molecule has 0 bridgehead atoms. The van der Waals surface area contributed by atoms with Gasteiger partial charge in [-0.1, -0.05) is 188 Å². The van der Waals surface area contributed by atoms with E-state index in [1.807, 2.05) is 306 Å². The Hall–Kier alpha value is 8.08. The fourth-order valence-electron chi connectivity index (χ4n) is 5.43. The molecule has 0 radical (unpaired) electrons. The molecular weight excluding hydrogens is 1510 g/mol. The first kappa shape index (κ1) is 66.0. The van der Waals surface area contributed by atoms with Gasteiger partial charge in [0.25, 0.3) is 0 Å². The van der Waals surface area contributed by atoms with Crippen LogP contribution in [0.25, 0.3) is 0 Å². The van der Waals surface area contributed by atoms with Crippen LogP contribution in [0.5, 0.6) is 0 Å². The second kappa shape index (κ2) is 34.6. The highest BCUT2D eigenvalue weighted by atomic mass is 32.3. The Labute approximate surface area is 565 Å². The Balaban J connectivity index is 0.895. The molecule has 0 amide bonds. The molecule has 8 rings (SSSR count). The fourth-order valence-corrected chi connectivity index (χ4v) is 49.5. The van der Waals surface area contributed by atoms with Gasteiger partial charge in [-0.3, -0.25) is 0 Å². The predicted octanol–water partition coefficient (Wildman–Crippen LogP) is 26.4. The minimum Gasteiger partial charge on any atom is -0.121 e. The quantitative estimate of drug-likeness (QED) is 0.0796. The van der Waals surface area contributed by atoms with Crippen LogP contribution in [0.15, 0.2) is 102 Å². The lowest BCUT2D eigenvalue weighted by Gasteiger charge is -2.07. The van der Waals surface area contributed by atoms with Crippen molar-refractivity contribution in [2.45, 2.75) is 0 Å². The molecule has 0 aromatic carbocycles. The van der Waals surface area contributed by atoms with E-state index in [1.165, 1.54) is 102 Å². The maximum atomic E-state index is 2.24. The van der Waals surface area contributed by atoms with Gasteiger partial charge >= 0.3 is 0 Å². The lowest BCUT2D eigenvalue weighted by Crippen LogP contribution is -1.87. The summed E-state index contributed by atoms with van der Waals surface area (Å²) < 4.78 is 35.3. The van der Waals surface area contributed by atoms with Crippen molar-refractivity contribution in [3.8, 4) is 0 Å². The predicted molar refractivity (Wildman–Crippen MR) is 416 cm³/mol. The molecule has 72 heavy (non-hydrogen) atoms. The maximum absolute atomic E-state index is 2.24. The molecule has 394 valence electrons. The van der Waals surface area contributed by atoms with Gasteiger partial charge in [-0.25, -0.2) is 0 Å². The lowest BCUT2D eigenvalue weighted by atomic mass is 11.0. The Morgan fingerprint density at radius 3 is 0.389 bits per heavy atom. The van der Waals surface area contributed by atoms with Crippen molar-refractivity contribution < 1.29 is 0 Å². The largest absolute Gasteiger partial charge is 0.121 e. The van der Waals surface area contributed by atoms with Crippen LogP contribution >= 0.6 is 376 Å². The minimum absolute atomic E-state index is 1.10. The molecule has 0 aromatic heterocycles. The second-order valence-electron chi connectivity index (χ2n) is 12.7. The maximum Gasteiger partial charge on any atom is 0.0717 e. The third kappa shape index (κ3) is 17.9. The van der Waals surface area contributed by atoms with Gasteiger partial charge in [-0.05, 0) is 62.6 Å². The average molecular weight is 1550 g/mol. The van der Waals surface area contributed by atoms with Crippen LogP contribution in [0, 0.1) is 0 Å². The van der Waals surface area contributed by atoms with E-state index in [1.54, 1.807) is 0 Å². The minimum atomic E-state index is 1.10. The second-order valence-corrected chi connectivity index (χ2v) is 50.0. The van der Waals surface area contributed by atoms with Crippen molar-refractivity contribution in [1.29, 1.82) is 0 Å². The Morgan fingerprint density at radius 1 is 0.167 bits per heavy atom. The summed E-state index contributed by atoms with van der Waals surface area (Å²) in [5.74, 6) is 6.65. The first-order valence-electron chi connectivity index (χ1n) is 20.1. The van der Waals surface area contributed by atoms with Crippen molar-refractivity contribution in [3.63, 3.8) is 0 Å². The molecule has 8 aliphatic rings. The van der Waals surface area contributed by atoms with E-state index in [2.05, 4.69) is 133 Å². The van der Waals surface area contributed by atoms with Crippen molar-refractivity contribution in [2.75, 3.05) is 97.1 Å². The van der Waals surface area contributed by atoms with Gasteiger partial charge in [-0.2, -0.15) is 0 Å². The van der Waals surface area contributed by atoms with E-state index < -0.39 is 0 Å². The summed E-state index contributed by atoms with van der Waals surface area (Å²) in [7, 11) is 0. The van der Waals surface area contributed by atoms with Gasteiger partial charge in [0.1, 0.15) is 0 Å². The molecule has 0 N–H and O–H groups in total. The normalized spacial score (nSPS) is 21.4. The van der Waals surface area contributed by atoms with Gasteiger partial charge in [0.2, 0.25) is 0 Å². The standard InChI is InChI=1S/C40H42S32/c1-41-17-18(42-2)58-33(57-17)37-65-25(49-9)27(67-37)51-11-13-53-29-31(71-39(69-29)35-61-21(45-5)22(46-6)62-35)55-15-16-56-32-30(70-40(72-32)36-63-23(47-7)24(48-8)64-36)54-14-12-52-28-26(50-10)66-38(68-28)34-59-19(43-3)20(44-4)60-34/h11-16H2,1-10H3. The zero-order valence-electron chi connectivity index (χ0n) is 39.3. The van der Waals surface area contributed by atoms with E-state index in [9.17, 15) is 0 Å². The molecule has 0 unspecified atom stereocenters. The third-order valence-corrected chi connectivity index (χ3v) is 54.0. The van der Waals surface area contributed by atoms with E-state index >= 15 is 0 Å². The van der Waals surface area contributed by atoms with E-state index in [4.69, 9.17) is 0 Å². The summed E-state index contributed by atoms with van der Waals surface area (Å²) in [5, 5.41) is 0. The van der Waals surface area contributed by atoms with Crippen LogP contribution in [0.3, 0.4) is 0 Å². The van der Waals surface area contributed by atoms with Crippen molar-refractivity contribution in [2.24, 2.45) is 0 Å². The van der Waals surface area contributed by atoms with Gasteiger partial charge in [0, 0.05) is 34.5 Å². The molecule has 0 atom stereocenters. The van der Waals surface area contributed by atoms with Crippen LogP contribution in [-0.2, 0) is 0 Å². The van der Waals surface area contributed by atoms with Crippen molar-refractivity contribution >= 4 is 376 Å². The van der Waals surface area contributed by atoms with Crippen LogP contribution in [0.1, 0.15) is 0 Å². The summed E-state index contributed by atoms with van der Waals surface area (Å²) in [6.45, 7) is 0. The summed E-state index contributed by atoms with van der Waals surface area (Å²) in [6.07, 6.45) is 22.2. The molecule has 0 fully saturated rings. The molecule has 8 aliphatic heterocycles. The summed E-state index contributed by atoms with van der Waals surface area (Å²) in [5.41, 5.74) is 0. The fraction of sp³-hybridized carbons (Fsp3) is 0.400. The van der Waals surface area contributed by atoms with Gasteiger partial charge in [0.05, 0.1) is 102 Å². The molecule has 0 spiro atoms. The Bertz CT molecular complexity index is 2250. The van der Waals surface area contributed by atoms with Crippen LogP contribution in [-0.4, -0.2) is 97.1 Å². The van der Waals surface area contributed by atoms with E-state index in [-0.39, 0.29) is 0 Å². The Morgan fingerprint density at radius 2 is 0.264 bits per heavy atom. The molecule has 0 aliphatic carbocycles.